The third kappa shape index (κ3) is 4.32. The molecule has 16 heavy (non-hydrogen) atoms. The second kappa shape index (κ2) is 7.94. The Bertz CT molecular complexity index is 204. The van der Waals surface area contributed by atoms with Crippen LogP contribution in [0.5, 0.6) is 0 Å². The van der Waals surface area contributed by atoms with Crippen LogP contribution >= 0.6 is 11.6 Å². The van der Waals surface area contributed by atoms with Gasteiger partial charge in [-0.1, -0.05) is 26.2 Å². The van der Waals surface area contributed by atoms with Crippen LogP contribution < -0.4 is 0 Å². The van der Waals surface area contributed by atoms with Crippen LogP contribution in [0.3, 0.4) is 0 Å². The van der Waals surface area contributed by atoms with E-state index in [-0.39, 0.29) is 0 Å². The maximum Gasteiger partial charge on any atom is 0.222 e. The van der Waals surface area contributed by atoms with E-state index in [2.05, 4.69) is 6.92 Å². The van der Waals surface area contributed by atoms with Crippen molar-refractivity contribution in [2.24, 2.45) is 0 Å². The molecule has 0 atom stereocenters. The molecule has 0 N–H and O–H groups in total. The molecule has 0 spiro atoms. The van der Waals surface area contributed by atoms with Crippen LogP contribution in [0.1, 0.15) is 58.3 Å². The molecule has 0 saturated heterocycles. The maximum atomic E-state index is 12.0. The van der Waals surface area contributed by atoms with Gasteiger partial charge >= 0.3 is 0 Å². The van der Waals surface area contributed by atoms with Crippen molar-refractivity contribution >= 4 is 17.5 Å². The van der Waals surface area contributed by atoms with E-state index in [1.807, 2.05) is 4.90 Å². The maximum absolute atomic E-state index is 12.0. The Morgan fingerprint density at radius 2 is 2.06 bits per heavy atom. The van der Waals surface area contributed by atoms with Crippen molar-refractivity contribution in [1.82, 2.24) is 4.90 Å². The summed E-state index contributed by atoms with van der Waals surface area (Å²) in [6.07, 6.45) is 9.03. The Labute approximate surface area is 104 Å². The van der Waals surface area contributed by atoms with Gasteiger partial charge in [0.15, 0.2) is 0 Å². The quantitative estimate of drug-likeness (QED) is 0.473. The molecule has 1 aliphatic carbocycles. The molecular formula is C13H24ClNO. The number of rotatable bonds is 8. The standard InChI is InChI=1S/C13H24ClNO/c1-2-3-4-5-9-13(16)15(11-10-14)12-7-6-8-12/h12H,2-11H2,1H3. The lowest BCUT2D eigenvalue weighted by molar-refractivity contribution is -0.135. The topological polar surface area (TPSA) is 20.3 Å². The smallest absolute Gasteiger partial charge is 0.222 e. The second-order valence-corrected chi connectivity index (χ2v) is 5.05. The third-order valence-electron chi connectivity index (χ3n) is 3.41. The molecule has 1 amide bonds. The molecule has 2 nitrogen and oxygen atoms in total. The first kappa shape index (κ1) is 13.8. The molecule has 1 saturated carbocycles. The van der Waals surface area contributed by atoms with Crippen molar-refractivity contribution in [1.29, 1.82) is 0 Å². The van der Waals surface area contributed by atoms with E-state index in [9.17, 15) is 4.79 Å². The summed E-state index contributed by atoms with van der Waals surface area (Å²) in [5.74, 6) is 0.887. The van der Waals surface area contributed by atoms with Crippen LogP contribution in [0.25, 0.3) is 0 Å². The number of hydrogen-bond acceptors (Lipinski definition) is 1. The molecule has 1 fully saturated rings. The van der Waals surface area contributed by atoms with E-state index in [1.54, 1.807) is 0 Å². The largest absolute Gasteiger partial charge is 0.339 e. The van der Waals surface area contributed by atoms with Crippen LogP contribution in [-0.2, 0) is 4.79 Å². The minimum Gasteiger partial charge on any atom is -0.339 e. The summed E-state index contributed by atoms with van der Waals surface area (Å²) in [4.78, 5) is 14.0. The van der Waals surface area contributed by atoms with Gasteiger partial charge in [0.1, 0.15) is 0 Å². The molecule has 0 bridgehead atoms. The Morgan fingerprint density at radius 3 is 2.56 bits per heavy atom. The monoisotopic (exact) mass is 245 g/mol. The van der Waals surface area contributed by atoms with E-state index in [0.717, 1.165) is 13.0 Å². The summed E-state index contributed by atoms with van der Waals surface area (Å²) < 4.78 is 0. The fraction of sp³-hybridized carbons (Fsp3) is 0.923. The fourth-order valence-electron chi connectivity index (χ4n) is 2.15. The van der Waals surface area contributed by atoms with E-state index < -0.39 is 0 Å². The highest BCUT2D eigenvalue weighted by atomic mass is 35.5. The zero-order chi connectivity index (χ0) is 11.8. The molecule has 0 radical (unpaired) electrons. The van der Waals surface area contributed by atoms with Crippen molar-refractivity contribution in [2.45, 2.75) is 64.3 Å². The number of carbonyl (C=O) groups is 1. The lowest BCUT2D eigenvalue weighted by atomic mass is 9.91. The van der Waals surface area contributed by atoms with Crippen LogP contribution in [0.4, 0.5) is 0 Å². The van der Waals surface area contributed by atoms with Gasteiger partial charge in [-0.05, 0) is 25.7 Å². The Morgan fingerprint density at radius 1 is 1.31 bits per heavy atom. The fourth-order valence-corrected chi connectivity index (χ4v) is 2.33. The summed E-state index contributed by atoms with van der Waals surface area (Å²) in [5.41, 5.74) is 0. The van der Waals surface area contributed by atoms with Gasteiger partial charge in [0.2, 0.25) is 5.91 Å². The predicted octanol–water partition coefficient (Wildman–Crippen LogP) is 3.58. The number of hydrogen-bond donors (Lipinski definition) is 0. The molecule has 94 valence electrons. The first-order valence-corrected chi connectivity index (χ1v) is 7.18. The van der Waals surface area contributed by atoms with Gasteiger partial charge in [0.05, 0.1) is 0 Å². The zero-order valence-electron chi connectivity index (χ0n) is 10.4. The molecule has 0 unspecified atom stereocenters. The van der Waals surface area contributed by atoms with Gasteiger partial charge in [0.25, 0.3) is 0 Å². The summed E-state index contributed by atoms with van der Waals surface area (Å²) in [5, 5.41) is 0. The van der Waals surface area contributed by atoms with Crippen LogP contribution in [0, 0.1) is 0 Å². The number of carbonyl (C=O) groups excluding carboxylic acids is 1. The molecule has 1 rings (SSSR count). The van der Waals surface area contributed by atoms with Crippen LogP contribution in [0.15, 0.2) is 0 Å². The molecule has 0 heterocycles. The van der Waals surface area contributed by atoms with Gasteiger partial charge in [-0.15, -0.1) is 11.6 Å². The van der Waals surface area contributed by atoms with E-state index in [1.165, 1.54) is 38.5 Å². The SMILES string of the molecule is CCCCCCC(=O)N(CCCl)C1CCC1. The molecule has 0 aromatic heterocycles. The molecular weight excluding hydrogens is 222 g/mol. The van der Waals surface area contributed by atoms with Gasteiger partial charge in [-0.2, -0.15) is 0 Å². The Hall–Kier alpha value is -0.240. The highest BCUT2D eigenvalue weighted by Crippen LogP contribution is 2.25. The van der Waals surface area contributed by atoms with Gasteiger partial charge < -0.3 is 4.90 Å². The Balaban J connectivity index is 2.23. The molecule has 1 aliphatic rings. The third-order valence-corrected chi connectivity index (χ3v) is 3.57. The number of nitrogens with zero attached hydrogens (tertiary/aromatic N) is 1. The van der Waals surface area contributed by atoms with E-state index in [0.29, 0.717) is 24.2 Å². The van der Waals surface area contributed by atoms with Gasteiger partial charge in [0, 0.05) is 24.9 Å². The van der Waals surface area contributed by atoms with Crippen molar-refractivity contribution in [3.05, 3.63) is 0 Å². The van der Waals surface area contributed by atoms with Crippen molar-refractivity contribution < 1.29 is 4.79 Å². The predicted molar refractivity (Wildman–Crippen MR) is 68.8 cm³/mol. The van der Waals surface area contributed by atoms with Crippen LogP contribution in [0.2, 0.25) is 0 Å². The zero-order valence-corrected chi connectivity index (χ0v) is 11.1. The van der Waals surface area contributed by atoms with Crippen molar-refractivity contribution in [2.75, 3.05) is 12.4 Å². The van der Waals surface area contributed by atoms with Crippen molar-refractivity contribution in [3.8, 4) is 0 Å². The highest BCUT2D eigenvalue weighted by Gasteiger charge is 2.27. The summed E-state index contributed by atoms with van der Waals surface area (Å²) in [6, 6.07) is 0.498. The first-order valence-electron chi connectivity index (χ1n) is 6.65. The Kier molecular flexibility index (Phi) is 6.86. The lowest BCUT2D eigenvalue weighted by Crippen LogP contribution is -2.45. The average molecular weight is 246 g/mol. The summed E-state index contributed by atoms with van der Waals surface area (Å²) >= 11 is 5.76. The highest BCUT2D eigenvalue weighted by molar-refractivity contribution is 6.18. The van der Waals surface area contributed by atoms with Crippen molar-refractivity contribution in [3.63, 3.8) is 0 Å². The molecule has 0 aliphatic heterocycles. The second-order valence-electron chi connectivity index (χ2n) is 4.67. The van der Waals surface area contributed by atoms with Gasteiger partial charge in [-0.3, -0.25) is 4.79 Å². The van der Waals surface area contributed by atoms with Gasteiger partial charge in [-0.25, -0.2) is 0 Å². The molecule has 0 aromatic carbocycles. The van der Waals surface area contributed by atoms with E-state index >= 15 is 0 Å². The van der Waals surface area contributed by atoms with E-state index in [4.69, 9.17) is 11.6 Å². The first-order chi connectivity index (χ1) is 7.79. The number of amides is 1. The minimum absolute atomic E-state index is 0.321. The lowest BCUT2D eigenvalue weighted by Gasteiger charge is -2.37. The summed E-state index contributed by atoms with van der Waals surface area (Å²) in [7, 11) is 0. The number of alkyl halides is 1. The average Bonchev–Trinajstić information content (AvgIpc) is 2.21. The molecule has 3 heteroatoms. The molecule has 0 aromatic rings. The number of halogens is 1. The minimum atomic E-state index is 0.321. The number of unbranched alkanes of at least 4 members (excludes halogenated alkanes) is 3. The normalized spacial score (nSPS) is 15.9. The van der Waals surface area contributed by atoms with Crippen LogP contribution in [-0.4, -0.2) is 29.3 Å². The summed E-state index contributed by atoms with van der Waals surface area (Å²) in [6.45, 7) is 2.93.